The zero-order valence-corrected chi connectivity index (χ0v) is 6.97. The summed E-state index contributed by atoms with van der Waals surface area (Å²) >= 11 is 1.66. The van der Waals surface area contributed by atoms with E-state index in [-0.39, 0.29) is 12.4 Å². The number of aryl methyl sites for hydroxylation is 1. The third kappa shape index (κ3) is 1.91. The van der Waals surface area contributed by atoms with E-state index in [4.69, 9.17) is 0 Å². The summed E-state index contributed by atoms with van der Waals surface area (Å²) in [6.07, 6.45) is 3.73. The summed E-state index contributed by atoms with van der Waals surface area (Å²) in [6.45, 7) is 2.01. The van der Waals surface area contributed by atoms with Gasteiger partial charge in [0.25, 0.3) is 0 Å². The Morgan fingerprint density at radius 3 is 2.56 bits per heavy atom. The average molecular weight is 165 g/mol. The number of thioether (sulfide) groups is 1. The smallest absolute Gasteiger partial charge is 0.116 e. The number of nitrogens with zero attached hydrogens (tertiary/aromatic N) is 1. The first-order valence-electron chi connectivity index (χ1n) is 2.38. The molecule has 0 spiro atoms. The third-order valence-electron chi connectivity index (χ3n) is 0.977. The van der Waals surface area contributed by atoms with Gasteiger partial charge < -0.3 is 4.98 Å². The number of H-pyrrole nitrogens is 1. The molecule has 0 saturated heterocycles. The van der Waals surface area contributed by atoms with Crippen LogP contribution in [0, 0.1) is 6.92 Å². The van der Waals surface area contributed by atoms with Crippen LogP contribution in [0.3, 0.4) is 0 Å². The number of imidazole rings is 1. The first-order chi connectivity index (χ1) is 3.84. The number of rotatable bonds is 1. The summed E-state index contributed by atoms with van der Waals surface area (Å²) in [7, 11) is 0. The van der Waals surface area contributed by atoms with E-state index in [0.717, 1.165) is 10.7 Å². The van der Waals surface area contributed by atoms with Gasteiger partial charge in [0.1, 0.15) is 5.03 Å². The van der Waals surface area contributed by atoms with Crippen molar-refractivity contribution in [1.29, 1.82) is 0 Å². The highest BCUT2D eigenvalue weighted by atomic mass is 35.5. The summed E-state index contributed by atoms with van der Waals surface area (Å²) < 4.78 is 0. The Kier molecular flexibility index (Phi) is 3.73. The van der Waals surface area contributed by atoms with Crippen LogP contribution in [-0.4, -0.2) is 16.2 Å². The Morgan fingerprint density at radius 2 is 2.33 bits per heavy atom. The van der Waals surface area contributed by atoms with Gasteiger partial charge in [0.05, 0.1) is 6.33 Å². The fourth-order valence-electron chi connectivity index (χ4n) is 0.552. The van der Waals surface area contributed by atoms with Gasteiger partial charge in [-0.25, -0.2) is 4.98 Å². The highest BCUT2D eigenvalue weighted by Crippen LogP contribution is 2.12. The number of aromatic amines is 1. The van der Waals surface area contributed by atoms with Gasteiger partial charge in [0.2, 0.25) is 0 Å². The van der Waals surface area contributed by atoms with E-state index in [2.05, 4.69) is 9.97 Å². The minimum atomic E-state index is 0. The molecule has 0 aliphatic carbocycles. The lowest BCUT2D eigenvalue weighted by molar-refractivity contribution is 1.15. The van der Waals surface area contributed by atoms with Crippen molar-refractivity contribution in [3.63, 3.8) is 0 Å². The van der Waals surface area contributed by atoms with Gasteiger partial charge in [-0.2, -0.15) is 0 Å². The first-order valence-corrected chi connectivity index (χ1v) is 3.61. The van der Waals surface area contributed by atoms with E-state index >= 15 is 0 Å². The number of nitrogens with one attached hydrogen (secondary N) is 1. The van der Waals surface area contributed by atoms with Crippen molar-refractivity contribution < 1.29 is 0 Å². The third-order valence-corrected chi connectivity index (χ3v) is 1.78. The Morgan fingerprint density at radius 1 is 1.67 bits per heavy atom. The second-order valence-electron chi connectivity index (χ2n) is 1.54. The predicted octanol–water partition coefficient (Wildman–Crippen LogP) is 1.86. The highest BCUT2D eigenvalue weighted by molar-refractivity contribution is 7.98. The molecule has 0 aliphatic heterocycles. The number of aromatic nitrogens is 2. The average Bonchev–Trinajstić information content (AvgIpc) is 2.14. The van der Waals surface area contributed by atoms with Crippen LogP contribution in [0.1, 0.15) is 5.69 Å². The Labute approximate surface area is 64.9 Å². The van der Waals surface area contributed by atoms with Gasteiger partial charge in [-0.15, -0.1) is 24.2 Å². The lowest BCUT2D eigenvalue weighted by Crippen LogP contribution is -1.71. The SMILES string of the molecule is CSc1nc[nH]c1C.Cl. The molecule has 0 amide bonds. The zero-order chi connectivity index (χ0) is 5.98. The van der Waals surface area contributed by atoms with E-state index in [9.17, 15) is 0 Å². The molecular formula is C5H9ClN2S. The maximum Gasteiger partial charge on any atom is 0.116 e. The van der Waals surface area contributed by atoms with Gasteiger partial charge >= 0.3 is 0 Å². The molecule has 0 atom stereocenters. The van der Waals surface area contributed by atoms with Gasteiger partial charge in [-0.05, 0) is 13.2 Å². The normalized spacial score (nSPS) is 8.67. The van der Waals surface area contributed by atoms with Crippen molar-refractivity contribution in [2.24, 2.45) is 0 Å². The second kappa shape index (κ2) is 3.80. The summed E-state index contributed by atoms with van der Waals surface area (Å²) in [4.78, 5) is 7.03. The molecule has 0 saturated carbocycles. The summed E-state index contributed by atoms with van der Waals surface area (Å²) in [6, 6.07) is 0. The van der Waals surface area contributed by atoms with Crippen molar-refractivity contribution in [3.8, 4) is 0 Å². The van der Waals surface area contributed by atoms with E-state index in [1.54, 1.807) is 18.1 Å². The monoisotopic (exact) mass is 164 g/mol. The van der Waals surface area contributed by atoms with Crippen LogP contribution in [0.15, 0.2) is 11.4 Å². The van der Waals surface area contributed by atoms with Gasteiger partial charge in [-0.3, -0.25) is 0 Å². The Balaban J connectivity index is 0.000000640. The topological polar surface area (TPSA) is 28.7 Å². The maximum atomic E-state index is 4.04. The van der Waals surface area contributed by atoms with E-state index in [1.165, 1.54) is 0 Å². The lowest BCUT2D eigenvalue weighted by atomic mass is 10.6. The molecule has 0 unspecified atom stereocenters. The van der Waals surface area contributed by atoms with E-state index < -0.39 is 0 Å². The standard InChI is InChI=1S/C5H8N2S.ClH/c1-4-5(8-2)7-3-6-4;/h3H,1-2H3,(H,6,7);1H. The van der Waals surface area contributed by atoms with Crippen LogP contribution in [-0.2, 0) is 0 Å². The minimum Gasteiger partial charge on any atom is -0.348 e. The molecule has 1 aromatic rings. The predicted molar refractivity (Wildman–Crippen MR) is 42.4 cm³/mol. The molecule has 2 nitrogen and oxygen atoms in total. The Hall–Kier alpha value is -0.150. The Bertz CT molecular complexity index is 175. The number of hydrogen-bond acceptors (Lipinski definition) is 2. The quantitative estimate of drug-likeness (QED) is 0.642. The van der Waals surface area contributed by atoms with Crippen LogP contribution < -0.4 is 0 Å². The maximum absolute atomic E-state index is 4.04. The molecule has 1 N–H and O–H groups in total. The van der Waals surface area contributed by atoms with Gasteiger partial charge in [-0.1, -0.05) is 0 Å². The molecule has 0 aromatic carbocycles. The lowest BCUT2D eigenvalue weighted by Gasteiger charge is -1.85. The molecule has 1 aromatic heterocycles. The van der Waals surface area contributed by atoms with Crippen molar-refractivity contribution >= 4 is 24.2 Å². The van der Waals surface area contributed by atoms with Gasteiger partial charge in [0.15, 0.2) is 0 Å². The van der Waals surface area contributed by atoms with Crippen LogP contribution in [0.25, 0.3) is 0 Å². The van der Waals surface area contributed by atoms with Gasteiger partial charge in [0, 0.05) is 5.69 Å². The van der Waals surface area contributed by atoms with E-state index in [1.807, 2.05) is 13.2 Å². The van der Waals surface area contributed by atoms with Crippen molar-refractivity contribution in [2.45, 2.75) is 11.9 Å². The molecular weight excluding hydrogens is 156 g/mol. The van der Waals surface area contributed by atoms with Crippen LogP contribution in [0.5, 0.6) is 0 Å². The van der Waals surface area contributed by atoms with E-state index in [0.29, 0.717) is 0 Å². The molecule has 52 valence electrons. The number of hydrogen-bond donors (Lipinski definition) is 1. The highest BCUT2D eigenvalue weighted by Gasteiger charge is 1.94. The van der Waals surface area contributed by atoms with Crippen LogP contribution in [0.2, 0.25) is 0 Å². The molecule has 0 aliphatic rings. The second-order valence-corrected chi connectivity index (χ2v) is 2.33. The number of halogens is 1. The summed E-state index contributed by atoms with van der Waals surface area (Å²) in [5.74, 6) is 0. The van der Waals surface area contributed by atoms with Crippen molar-refractivity contribution in [2.75, 3.05) is 6.26 Å². The molecule has 9 heavy (non-hydrogen) atoms. The molecule has 4 heteroatoms. The molecule has 1 heterocycles. The largest absolute Gasteiger partial charge is 0.348 e. The molecule has 1 rings (SSSR count). The van der Waals surface area contributed by atoms with Crippen LogP contribution >= 0.6 is 24.2 Å². The fraction of sp³-hybridized carbons (Fsp3) is 0.400. The fourth-order valence-corrected chi connectivity index (χ4v) is 1.08. The molecule has 0 fully saturated rings. The summed E-state index contributed by atoms with van der Waals surface area (Å²) in [5, 5.41) is 1.09. The molecule has 0 bridgehead atoms. The van der Waals surface area contributed by atoms with Crippen molar-refractivity contribution in [3.05, 3.63) is 12.0 Å². The van der Waals surface area contributed by atoms with Crippen molar-refractivity contribution in [1.82, 2.24) is 9.97 Å². The molecule has 0 radical (unpaired) electrons. The first kappa shape index (κ1) is 8.85. The minimum absolute atomic E-state index is 0. The van der Waals surface area contributed by atoms with Crippen LogP contribution in [0.4, 0.5) is 0 Å². The zero-order valence-electron chi connectivity index (χ0n) is 5.34. The summed E-state index contributed by atoms with van der Waals surface area (Å²) in [5.41, 5.74) is 1.15.